The van der Waals surface area contributed by atoms with Crippen molar-refractivity contribution < 1.29 is 9.18 Å². The van der Waals surface area contributed by atoms with Gasteiger partial charge in [0.2, 0.25) is 0 Å². The van der Waals surface area contributed by atoms with Gasteiger partial charge in [-0.05, 0) is 53.5 Å². The second-order valence-corrected chi connectivity index (χ2v) is 5.66. The number of hydrogen-bond acceptors (Lipinski definition) is 1. The van der Waals surface area contributed by atoms with Gasteiger partial charge in [-0.1, -0.05) is 11.6 Å². The molecule has 1 heterocycles. The molecule has 0 radical (unpaired) electrons. The average Bonchev–Trinajstić information content (AvgIpc) is 2.77. The Labute approximate surface area is 129 Å². The number of carbonyl (C=O) groups is 1. The van der Waals surface area contributed by atoms with Gasteiger partial charge in [0.05, 0.1) is 9.50 Å². The van der Waals surface area contributed by atoms with Crippen LogP contribution in [-0.4, -0.2) is 10.5 Å². The zero-order valence-corrected chi connectivity index (χ0v) is 13.3. The lowest BCUT2D eigenvalue weighted by Gasteiger charge is -2.11. The summed E-state index contributed by atoms with van der Waals surface area (Å²) in [6, 6.07) is 4.52. The third-order valence-electron chi connectivity index (χ3n) is 2.95. The van der Waals surface area contributed by atoms with Crippen molar-refractivity contribution in [2.45, 2.75) is 20.4 Å². The van der Waals surface area contributed by atoms with E-state index in [-0.39, 0.29) is 11.7 Å². The van der Waals surface area contributed by atoms with Crippen LogP contribution in [0.2, 0.25) is 5.02 Å². The van der Waals surface area contributed by atoms with Crippen LogP contribution >= 0.6 is 27.5 Å². The smallest absolute Gasteiger partial charge is 0.272 e. The summed E-state index contributed by atoms with van der Waals surface area (Å²) in [5, 5.41) is 3.28. The second-order valence-electron chi connectivity index (χ2n) is 4.36. The van der Waals surface area contributed by atoms with Gasteiger partial charge in [0.25, 0.3) is 5.91 Å². The molecule has 0 bridgehead atoms. The van der Waals surface area contributed by atoms with Gasteiger partial charge in [0, 0.05) is 18.4 Å². The number of halogens is 3. The van der Waals surface area contributed by atoms with Crippen molar-refractivity contribution in [3.05, 3.63) is 51.0 Å². The maximum absolute atomic E-state index is 13.4. The number of rotatable bonds is 3. The molecule has 0 spiro atoms. The Hall–Kier alpha value is -1.33. The van der Waals surface area contributed by atoms with Crippen LogP contribution in [0.4, 0.5) is 10.1 Å². The van der Waals surface area contributed by atoms with Gasteiger partial charge in [0.15, 0.2) is 0 Å². The van der Waals surface area contributed by atoms with Gasteiger partial charge in [-0.3, -0.25) is 4.79 Å². The summed E-state index contributed by atoms with van der Waals surface area (Å²) in [6.07, 6.45) is 1.70. The fourth-order valence-electron chi connectivity index (χ4n) is 1.89. The minimum atomic E-state index is -0.361. The number of benzene rings is 1. The van der Waals surface area contributed by atoms with Gasteiger partial charge < -0.3 is 9.88 Å². The summed E-state index contributed by atoms with van der Waals surface area (Å²) >= 11 is 9.02. The lowest BCUT2D eigenvalue weighted by Crippen LogP contribution is -2.17. The number of amides is 1. The van der Waals surface area contributed by atoms with Crippen LogP contribution in [0, 0.1) is 12.7 Å². The van der Waals surface area contributed by atoms with E-state index in [0.29, 0.717) is 33.0 Å². The van der Waals surface area contributed by atoms with E-state index in [1.165, 1.54) is 6.07 Å². The Bertz CT molecular complexity index is 669. The molecule has 0 aliphatic rings. The molecule has 2 aromatic rings. The van der Waals surface area contributed by atoms with E-state index in [0.717, 1.165) is 0 Å². The molecule has 1 N–H and O–H groups in total. The predicted octanol–water partition coefficient (Wildman–Crippen LogP) is 4.62. The number of aromatic nitrogens is 1. The zero-order valence-electron chi connectivity index (χ0n) is 11.0. The first-order chi connectivity index (χ1) is 9.42. The minimum Gasteiger partial charge on any atom is -0.342 e. The number of carbonyl (C=O) groups excluding carboxylic acids is 1. The van der Waals surface area contributed by atoms with Crippen molar-refractivity contribution in [3.8, 4) is 0 Å². The van der Waals surface area contributed by atoms with Crippen molar-refractivity contribution >= 4 is 39.1 Å². The molecule has 106 valence electrons. The highest BCUT2D eigenvalue weighted by molar-refractivity contribution is 9.10. The van der Waals surface area contributed by atoms with E-state index >= 15 is 0 Å². The first-order valence-electron chi connectivity index (χ1n) is 6.05. The molecule has 0 unspecified atom stereocenters. The van der Waals surface area contributed by atoms with Gasteiger partial charge in [-0.2, -0.15) is 0 Å². The Balaban J connectivity index is 2.30. The first kappa shape index (κ1) is 15.1. The van der Waals surface area contributed by atoms with E-state index in [4.69, 9.17) is 11.6 Å². The van der Waals surface area contributed by atoms with Gasteiger partial charge >= 0.3 is 0 Å². The third-order valence-corrected chi connectivity index (χ3v) is 3.77. The van der Waals surface area contributed by atoms with Crippen molar-refractivity contribution in [3.63, 3.8) is 0 Å². The van der Waals surface area contributed by atoms with Crippen molar-refractivity contribution in [1.29, 1.82) is 0 Å². The summed E-state index contributed by atoms with van der Waals surface area (Å²) in [6.45, 7) is 4.30. The van der Waals surface area contributed by atoms with E-state index in [9.17, 15) is 9.18 Å². The highest BCUT2D eigenvalue weighted by atomic mass is 79.9. The Kier molecular flexibility index (Phi) is 4.50. The molecule has 2 rings (SSSR count). The molecule has 3 nitrogen and oxygen atoms in total. The number of anilines is 1. The maximum atomic E-state index is 13.4. The van der Waals surface area contributed by atoms with E-state index < -0.39 is 0 Å². The van der Waals surface area contributed by atoms with Crippen LogP contribution in [-0.2, 0) is 6.54 Å². The molecule has 6 heteroatoms. The maximum Gasteiger partial charge on any atom is 0.272 e. The van der Waals surface area contributed by atoms with Crippen LogP contribution in [0.5, 0.6) is 0 Å². The number of nitrogens with one attached hydrogen (secondary N) is 1. The molecule has 0 aliphatic heterocycles. The summed E-state index contributed by atoms with van der Waals surface area (Å²) < 4.78 is 15.4. The second kappa shape index (κ2) is 5.97. The monoisotopic (exact) mass is 358 g/mol. The van der Waals surface area contributed by atoms with E-state index in [1.807, 2.05) is 6.92 Å². The molecule has 0 saturated carbocycles. The quantitative estimate of drug-likeness (QED) is 0.852. The summed E-state index contributed by atoms with van der Waals surface area (Å²) in [5.41, 5.74) is 1.68. The van der Waals surface area contributed by atoms with Crippen molar-refractivity contribution in [2.75, 3.05) is 5.32 Å². The molecular weight excluding hydrogens is 347 g/mol. The third kappa shape index (κ3) is 3.04. The van der Waals surface area contributed by atoms with Crippen molar-refractivity contribution in [1.82, 2.24) is 4.57 Å². The molecule has 1 aromatic heterocycles. The molecule has 0 saturated heterocycles. The molecular formula is C14H13BrClFN2O. The van der Waals surface area contributed by atoms with Crippen LogP contribution < -0.4 is 5.32 Å². The van der Waals surface area contributed by atoms with Gasteiger partial charge in [-0.15, -0.1) is 0 Å². The van der Waals surface area contributed by atoms with E-state index in [1.54, 1.807) is 29.8 Å². The topological polar surface area (TPSA) is 34.0 Å². The summed E-state index contributed by atoms with van der Waals surface area (Å²) in [7, 11) is 0. The largest absolute Gasteiger partial charge is 0.342 e. The number of aryl methyl sites for hydroxylation is 2. The van der Waals surface area contributed by atoms with Crippen LogP contribution in [0.3, 0.4) is 0 Å². The normalized spacial score (nSPS) is 10.7. The Morgan fingerprint density at radius 3 is 2.80 bits per heavy atom. The SMILES string of the molecule is CCn1cc(Cl)cc1C(=O)Nc1cc(Br)c(F)cc1C. The number of hydrogen-bond donors (Lipinski definition) is 1. The molecule has 1 aromatic carbocycles. The average molecular weight is 360 g/mol. The first-order valence-corrected chi connectivity index (χ1v) is 7.22. The minimum absolute atomic E-state index is 0.277. The molecule has 0 aliphatic carbocycles. The van der Waals surface area contributed by atoms with Gasteiger partial charge in [-0.25, -0.2) is 4.39 Å². The summed E-state index contributed by atoms with van der Waals surface area (Å²) in [4.78, 5) is 12.3. The fraction of sp³-hybridized carbons (Fsp3) is 0.214. The zero-order chi connectivity index (χ0) is 14.9. The van der Waals surface area contributed by atoms with Crippen LogP contribution in [0.25, 0.3) is 0 Å². The van der Waals surface area contributed by atoms with Gasteiger partial charge in [0.1, 0.15) is 11.5 Å². The molecule has 0 atom stereocenters. The predicted molar refractivity (Wildman–Crippen MR) is 81.9 cm³/mol. The fourth-order valence-corrected chi connectivity index (χ4v) is 2.46. The lowest BCUT2D eigenvalue weighted by atomic mass is 10.2. The summed E-state index contributed by atoms with van der Waals surface area (Å²) in [5.74, 6) is -0.638. The molecule has 0 fully saturated rings. The molecule has 1 amide bonds. The standard InChI is InChI=1S/C14H13BrClFN2O/c1-3-19-7-9(16)5-13(19)14(20)18-12-6-10(15)11(17)4-8(12)2/h4-7H,3H2,1-2H3,(H,18,20). The Morgan fingerprint density at radius 2 is 2.15 bits per heavy atom. The Morgan fingerprint density at radius 1 is 1.45 bits per heavy atom. The van der Waals surface area contributed by atoms with Crippen LogP contribution in [0.1, 0.15) is 23.0 Å². The van der Waals surface area contributed by atoms with Crippen LogP contribution in [0.15, 0.2) is 28.9 Å². The lowest BCUT2D eigenvalue weighted by molar-refractivity contribution is 0.101. The highest BCUT2D eigenvalue weighted by Crippen LogP contribution is 2.25. The number of nitrogens with zero attached hydrogens (tertiary/aromatic N) is 1. The van der Waals surface area contributed by atoms with E-state index in [2.05, 4.69) is 21.2 Å². The highest BCUT2D eigenvalue weighted by Gasteiger charge is 2.14. The molecule has 20 heavy (non-hydrogen) atoms. The van der Waals surface area contributed by atoms with Crippen molar-refractivity contribution in [2.24, 2.45) is 0 Å².